The summed E-state index contributed by atoms with van der Waals surface area (Å²) >= 11 is 0. The molecule has 15 heavy (non-hydrogen) atoms. The fourth-order valence-corrected chi connectivity index (χ4v) is 1.10. The van der Waals surface area contributed by atoms with Gasteiger partial charge in [0.1, 0.15) is 0 Å². The summed E-state index contributed by atoms with van der Waals surface area (Å²) in [6.07, 6.45) is 1.29. The predicted molar refractivity (Wildman–Crippen MR) is 56.4 cm³/mol. The predicted octanol–water partition coefficient (Wildman–Crippen LogP) is 2.31. The summed E-state index contributed by atoms with van der Waals surface area (Å²) in [7, 11) is 0. The summed E-state index contributed by atoms with van der Waals surface area (Å²) in [6.45, 7) is 0.700. The van der Waals surface area contributed by atoms with Gasteiger partial charge in [0.25, 0.3) is 5.69 Å². The van der Waals surface area contributed by atoms with Gasteiger partial charge in [-0.05, 0) is 18.6 Å². The van der Waals surface area contributed by atoms with E-state index in [1.165, 1.54) is 12.1 Å². The molecule has 0 aliphatic heterocycles. The topological polar surface area (TPSA) is 79.0 Å². The van der Waals surface area contributed by atoms with Crippen molar-refractivity contribution in [3.05, 3.63) is 34.4 Å². The zero-order chi connectivity index (χ0) is 11.1. The molecule has 0 amide bonds. The lowest BCUT2D eigenvalue weighted by Gasteiger charge is -2.03. The lowest BCUT2D eigenvalue weighted by atomic mass is 10.2. The Labute approximate surface area is 87.5 Å². The van der Waals surface area contributed by atoms with Crippen molar-refractivity contribution in [2.24, 2.45) is 0 Å². The summed E-state index contributed by atoms with van der Waals surface area (Å²) < 4.78 is 0. The molecule has 0 radical (unpaired) electrons. The Hall–Kier alpha value is -2.09. The van der Waals surface area contributed by atoms with Crippen molar-refractivity contribution in [3.8, 4) is 6.07 Å². The molecule has 0 spiro atoms. The average molecular weight is 205 g/mol. The molecule has 5 heteroatoms. The summed E-state index contributed by atoms with van der Waals surface area (Å²) in [5.41, 5.74) is 0.913. The fourth-order valence-electron chi connectivity index (χ4n) is 1.10. The molecule has 1 rings (SSSR count). The van der Waals surface area contributed by atoms with Crippen LogP contribution in [0.3, 0.4) is 0 Å². The molecule has 1 aromatic carbocycles. The van der Waals surface area contributed by atoms with Crippen LogP contribution in [-0.4, -0.2) is 11.5 Å². The molecule has 78 valence electrons. The molecule has 1 N–H and O–H groups in total. The van der Waals surface area contributed by atoms with Crippen LogP contribution in [0.5, 0.6) is 0 Å². The highest BCUT2D eigenvalue weighted by Crippen LogP contribution is 2.15. The molecule has 0 aliphatic carbocycles. The van der Waals surface area contributed by atoms with Crippen LogP contribution in [0, 0.1) is 21.4 Å². The number of non-ortho nitro benzene ring substituents is 1. The van der Waals surface area contributed by atoms with E-state index in [-0.39, 0.29) is 5.69 Å². The molecule has 0 fully saturated rings. The van der Waals surface area contributed by atoms with Crippen LogP contribution in [0.1, 0.15) is 12.8 Å². The van der Waals surface area contributed by atoms with Gasteiger partial charge in [-0.2, -0.15) is 5.26 Å². The van der Waals surface area contributed by atoms with Crippen molar-refractivity contribution in [3.63, 3.8) is 0 Å². The van der Waals surface area contributed by atoms with Crippen LogP contribution in [0.2, 0.25) is 0 Å². The summed E-state index contributed by atoms with van der Waals surface area (Å²) in [6, 6.07) is 8.27. The minimum atomic E-state index is -0.431. The number of nitriles is 1. The van der Waals surface area contributed by atoms with E-state index in [1.54, 1.807) is 12.1 Å². The number of nitrogens with zero attached hydrogens (tertiary/aromatic N) is 2. The standard InChI is InChI=1S/C10H11N3O2/c11-7-1-2-8-12-9-3-5-10(6-4-9)13(14)15/h3-6,12H,1-2,8H2. The number of hydrogen-bond donors (Lipinski definition) is 1. The first-order valence-corrected chi connectivity index (χ1v) is 4.59. The molecule has 0 saturated carbocycles. The van der Waals surface area contributed by atoms with E-state index in [1.807, 2.05) is 6.07 Å². The fraction of sp³-hybridized carbons (Fsp3) is 0.300. The molecule has 0 heterocycles. The van der Waals surface area contributed by atoms with Gasteiger partial charge in [-0.15, -0.1) is 0 Å². The zero-order valence-electron chi connectivity index (χ0n) is 8.14. The molecule has 0 bridgehead atoms. The van der Waals surface area contributed by atoms with Crippen LogP contribution in [-0.2, 0) is 0 Å². The molecule has 0 saturated heterocycles. The van der Waals surface area contributed by atoms with Crippen LogP contribution < -0.4 is 5.32 Å². The van der Waals surface area contributed by atoms with Gasteiger partial charge < -0.3 is 5.32 Å². The van der Waals surface area contributed by atoms with Crippen LogP contribution in [0.4, 0.5) is 11.4 Å². The Balaban J connectivity index is 2.43. The number of nitro benzene ring substituents is 1. The molecule has 1 aromatic rings. The third-order valence-corrected chi connectivity index (χ3v) is 1.87. The quantitative estimate of drug-likeness (QED) is 0.454. The minimum Gasteiger partial charge on any atom is -0.385 e. The smallest absolute Gasteiger partial charge is 0.269 e. The second kappa shape index (κ2) is 5.60. The first-order chi connectivity index (χ1) is 7.24. The highest BCUT2D eigenvalue weighted by molar-refractivity contribution is 5.48. The number of nitrogens with one attached hydrogen (secondary N) is 1. The van der Waals surface area contributed by atoms with E-state index in [4.69, 9.17) is 5.26 Å². The second-order valence-electron chi connectivity index (χ2n) is 2.99. The Kier molecular flexibility index (Phi) is 4.10. The van der Waals surface area contributed by atoms with Crippen LogP contribution in [0.25, 0.3) is 0 Å². The van der Waals surface area contributed by atoms with Gasteiger partial charge in [0.2, 0.25) is 0 Å². The largest absolute Gasteiger partial charge is 0.385 e. The van der Waals surface area contributed by atoms with Crippen molar-refractivity contribution in [1.29, 1.82) is 5.26 Å². The first kappa shape index (κ1) is 11.0. The van der Waals surface area contributed by atoms with Gasteiger partial charge in [0, 0.05) is 30.8 Å². The molecule has 0 atom stereocenters. The van der Waals surface area contributed by atoms with Crippen molar-refractivity contribution in [1.82, 2.24) is 0 Å². The number of benzene rings is 1. The summed E-state index contributed by atoms with van der Waals surface area (Å²) in [5, 5.41) is 21.7. The maximum Gasteiger partial charge on any atom is 0.269 e. The molecular formula is C10H11N3O2. The van der Waals surface area contributed by atoms with Gasteiger partial charge in [-0.25, -0.2) is 0 Å². The Bertz CT molecular complexity index is 367. The lowest BCUT2D eigenvalue weighted by Crippen LogP contribution is -2.00. The van der Waals surface area contributed by atoms with Crippen molar-refractivity contribution in [2.75, 3.05) is 11.9 Å². The molecule has 0 aromatic heterocycles. The SMILES string of the molecule is N#CCCCNc1ccc([N+](=O)[O-])cc1. The summed E-state index contributed by atoms with van der Waals surface area (Å²) in [5.74, 6) is 0. The third-order valence-electron chi connectivity index (χ3n) is 1.87. The van der Waals surface area contributed by atoms with E-state index < -0.39 is 4.92 Å². The minimum absolute atomic E-state index is 0.0811. The van der Waals surface area contributed by atoms with Crippen molar-refractivity contribution in [2.45, 2.75) is 12.8 Å². The Morgan fingerprint density at radius 2 is 2.07 bits per heavy atom. The summed E-state index contributed by atoms with van der Waals surface area (Å²) in [4.78, 5) is 9.93. The number of unbranched alkanes of at least 4 members (excludes halogenated alkanes) is 1. The van der Waals surface area contributed by atoms with Crippen molar-refractivity contribution < 1.29 is 4.92 Å². The van der Waals surface area contributed by atoms with Gasteiger partial charge in [0.05, 0.1) is 11.0 Å². The van der Waals surface area contributed by atoms with E-state index in [0.717, 1.165) is 12.1 Å². The number of hydrogen-bond acceptors (Lipinski definition) is 4. The maximum atomic E-state index is 10.4. The normalized spacial score (nSPS) is 9.27. The van der Waals surface area contributed by atoms with Crippen LogP contribution >= 0.6 is 0 Å². The van der Waals surface area contributed by atoms with E-state index >= 15 is 0 Å². The van der Waals surface area contributed by atoms with Gasteiger partial charge in [-0.1, -0.05) is 0 Å². The first-order valence-electron chi connectivity index (χ1n) is 4.59. The van der Waals surface area contributed by atoms with Gasteiger partial charge >= 0.3 is 0 Å². The Morgan fingerprint density at radius 1 is 1.40 bits per heavy atom. The molecular weight excluding hydrogens is 194 g/mol. The molecule has 5 nitrogen and oxygen atoms in total. The van der Waals surface area contributed by atoms with E-state index in [2.05, 4.69) is 5.32 Å². The monoisotopic (exact) mass is 205 g/mol. The highest BCUT2D eigenvalue weighted by atomic mass is 16.6. The Morgan fingerprint density at radius 3 is 2.60 bits per heavy atom. The van der Waals surface area contributed by atoms with Gasteiger partial charge in [-0.3, -0.25) is 10.1 Å². The lowest BCUT2D eigenvalue weighted by molar-refractivity contribution is -0.384. The maximum absolute atomic E-state index is 10.4. The van der Waals surface area contributed by atoms with Crippen molar-refractivity contribution >= 4 is 11.4 Å². The highest BCUT2D eigenvalue weighted by Gasteiger charge is 2.02. The average Bonchev–Trinajstić information content (AvgIpc) is 2.25. The number of anilines is 1. The van der Waals surface area contributed by atoms with Crippen LogP contribution in [0.15, 0.2) is 24.3 Å². The number of rotatable bonds is 5. The number of nitro groups is 1. The zero-order valence-corrected chi connectivity index (χ0v) is 8.14. The third kappa shape index (κ3) is 3.65. The van der Waals surface area contributed by atoms with Gasteiger partial charge in [0.15, 0.2) is 0 Å². The van der Waals surface area contributed by atoms with E-state index in [0.29, 0.717) is 13.0 Å². The second-order valence-corrected chi connectivity index (χ2v) is 2.99. The van der Waals surface area contributed by atoms with E-state index in [9.17, 15) is 10.1 Å². The molecule has 0 unspecified atom stereocenters. The molecule has 0 aliphatic rings.